The van der Waals surface area contributed by atoms with Gasteiger partial charge in [0.25, 0.3) is 21.5 Å². The van der Waals surface area contributed by atoms with E-state index in [0.29, 0.717) is 37.4 Å². The number of rotatable bonds is 8. The molecule has 2 N–H and O–H groups in total. The molecule has 0 saturated carbocycles. The second-order valence-electron chi connectivity index (χ2n) is 11.5. The van der Waals surface area contributed by atoms with Crippen LogP contribution in [0.5, 0.6) is 0 Å². The molecule has 1 saturated heterocycles. The van der Waals surface area contributed by atoms with Crippen molar-refractivity contribution in [3.05, 3.63) is 99.7 Å². The molecule has 3 aliphatic rings. The van der Waals surface area contributed by atoms with Crippen molar-refractivity contribution in [2.45, 2.75) is 55.9 Å². The summed E-state index contributed by atoms with van der Waals surface area (Å²) in [7, 11) is -4.07. The minimum Gasteiger partial charge on any atom is -0.369 e. The second-order valence-corrected chi connectivity index (χ2v) is 13.2. The first-order chi connectivity index (χ1) is 20.3. The van der Waals surface area contributed by atoms with E-state index in [1.807, 2.05) is 10.6 Å². The molecular weight excluding hydrogens is 555 g/mol. The number of fused-ring (bicyclic) bond motifs is 4. The van der Waals surface area contributed by atoms with Crippen LogP contribution in [0.3, 0.4) is 0 Å². The number of aromatic nitrogens is 1. The third-order valence-electron chi connectivity index (χ3n) is 8.56. The summed E-state index contributed by atoms with van der Waals surface area (Å²) in [5.41, 5.74) is 3.64. The van der Waals surface area contributed by atoms with Crippen LogP contribution < -0.4 is 20.5 Å². The molecule has 10 heteroatoms. The predicted molar refractivity (Wildman–Crippen MR) is 161 cm³/mol. The average molecular weight is 591 g/mol. The summed E-state index contributed by atoms with van der Waals surface area (Å²) in [6.45, 7) is 2.36. The highest BCUT2D eigenvalue weighted by Crippen LogP contribution is 2.39. The number of carbonyl (C=O) groups is 1. The number of carbonyl (C=O) groups excluding carboxylic acids is 1. The summed E-state index contributed by atoms with van der Waals surface area (Å²) in [5.74, 6) is -0.472. The Bertz CT molecular complexity index is 1680. The van der Waals surface area contributed by atoms with Gasteiger partial charge in [0.15, 0.2) is 0 Å². The van der Waals surface area contributed by atoms with Gasteiger partial charge in [0.05, 0.1) is 16.3 Å². The number of hydrogen-bond acceptors (Lipinski definition) is 5. The first-order valence-corrected chi connectivity index (χ1v) is 16.1. The Hall–Kier alpha value is -3.92. The lowest BCUT2D eigenvalue weighted by Crippen LogP contribution is -2.47. The maximum atomic E-state index is 13.5. The van der Waals surface area contributed by atoms with Gasteiger partial charge < -0.3 is 14.8 Å². The maximum absolute atomic E-state index is 13.5. The van der Waals surface area contributed by atoms with Crippen molar-refractivity contribution in [3.8, 4) is 0 Å². The summed E-state index contributed by atoms with van der Waals surface area (Å²) in [6, 6.07) is 15.1. The van der Waals surface area contributed by atoms with Crippen molar-refractivity contribution in [3.63, 3.8) is 0 Å². The van der Waals surface area contributed by atoms with Gasteiger partial charge in [-0.2, -0.15) is 0 Å². The first-order valence-electron chi connectivity index (χ1n) is 14.6. The number of benzene rings is 2. The highest BCUT2D eigenvalue weighted by atomic mass is 32.2. The van der Waals surface area contributed by atoms with Crippen LogP contribution in [-0.2, 0) is 16.6 Å². The molecule has 3 aromatic rings. The highest BCUT2D eigenvalue weighted by Gasteiger charge is 2.35. The number of halogens is 1. The fourth-order valence-corrected chi connectivity index (χ4v) is 7.58. The highest BCUT2D eigenvalue weighted by molar-refractivity contribution is 7.92. The molecule has 6 rings (SSSR count). The first kappa shape index (κ1) is 28.2. The van der Waals surface area contributed by atoms with Gasteiger partial charge in [0.2, 0.25) is 0 Å². The van der Waals surface area contributed by atoms with Crippen molar-refractivity contribution < 1.29 is 17.6 Å². The number of nitrogens with zero attached hydrogens (tertiary/aromatic N) is 2. The van der Waals surface area contributed by atoms with Crippen LogP contribution in [0.25, 0.3) is 0 Å². The number of hydrogen-bond donors (Lipinski definition) is 2. The molecule has 1 aromatic heterocycles. The summed E-state index contributed by atoms with van der Waals surface area (Å²) in [4.78, 5) is 27.7. The Balaban J connectivity index is 1.28. The fourth-order valence-electron chi connectivity index (χ4n) is 6.52. The largest absolute Gasteiger partial charge is 0.369 e. The van der Waals surface area contributed by atoms with Crippen molar-refractivity contribution in [1.29, 1.82) is 0 Å². The molecule has 1 amide bonds. The number of amides is 1. The lowest BCUT2D eigenvalue weighted by atomic mass is 9.83. The second kappa shape index (κ2) is 11.8. The molecule has 0 unspecified atom stereocenters. The Labute approximate surface area is 245 Å². The topological polar surface area (TPSA) is 101 Å². The average Bonchev–Trinajstić information content (AvgIpc) is 2.98. The number of allylic oxidation sites excluding steroid dienone is 1. The minimum atomic E-state index is -4.07. The lowest BCUT2D eigenvalue weighted by Gasteiger charge is -2.44. The Kier molecular flexibility index (Phi) is 7.90. The fraction of sp³-hybridized carbons (Fsp3) is 0.375. The number of anilines is 2. The van der Waals surface area contributed by atoms with E-state index < -0.39 is 15.8 Å². The van der Waals surface area contributed by atoms with Gasteiger partial charge >= 0.3 is 0 Å². The normalized spacial score (nSPS) is 19.9. The minimum absolute atomic E-state index is 0.00135. The Morgan fingerprint density at radius 2 is 1.83 bits per heavy atom. The van der Waals surface area contributed by atoms with Gasteiger partial charge in [0, 0.05) is 49.4 Å². The maximum Gasteiger partial charge on any atom is 0.261 e. The van der Waals surface area contributed by atoms with Crippen LogP contribution >= 0.6 is 0 Å². The Morgan fingerprint density at radius 1 is 1.00 bits per heavy atom. The van der Waals surface area contributed by atoms with Crippen molar-refractivity contribution in [1.82, 2.24) is 9.88 Å². The Morgan fingerprint density at radius 3 is 2.62 bits per heavy atom. The van der Waals surface area contributed by atoms with Crippen LogP contribution in [0.4, 0.5) is 15.8 Å². The van der Waals surface area contributed by atoms with Crippen LogP contribution in [-0.4, -0.2) is 38.5 Å². The SMILES string of the molecule is O=C(NCCC1=CCCCC1)c1ccc(N2C[C@H]3C[C@@H](C2)c2cccc(=O)n2C3)c(NS(=O)(=O)c2ccc(F)cc2)c1. The molecule has 1 fully saturated rings. The van der Waals surface area contributed by atoms with E-state index in [1.165, 1.54) is 30.5 Å². The molecule has 2 aromatic carbocycles. The molecule has 0 spiro atoms. The van der Waals surface area contributed by atoms with Gasteiger partial charge in [-0.3, -0.25) is 14.3 Å². The van der Waals surface area contributed by atoms with Crippen LogP contribution in [0.2, 0.25) is 0 Å². The van der Waals surface area contributed by atoms with Gasteiger partial charge in [-0.25, -0.2) is 12.8 Å². The lowest BCUT2D eigenvalue weighted by molar-refractivity contribution is 0.0954. The molecule has 42 heavy (non-hydrogen) atoms. The van der Waals surface area contributed by atoms with Gasteiger partial charge in [-0.1, -0.05) is 17.7 Å². The van der Waals surface area contributed by atoms with Crippen LogP contribution in [0.1, 0.15) is 60.5 Å². The quantitative estimate of drug-likeness (QED) is 0.359. The zero-order valence-electron chi connectivity index (χ0n) is 23.4. The third-order valence-corrected chi connectivity index (χ3v) is 9.95. The third kappa shape index (κ3) is 5.99. The molecular formula is C32H35FN4O4S. The molecule has 2 bridgehead atoms. The van der Waals surface area contributed by atoms with E-state index in [2.05, 4.69) is 21.0 Å². The number of piperidine rings is 1. The smallest absolute Gasteiger partial charge is 0.261 e. The summed E-state index contributed by atoms with van der Waals surface area (Å²) < 4.78 is 44.8. The van der Waals surface area contributed by atoms with Gasteiger partial charge in [-0.15, -0.1) is 0 Å². The number of sulfonamides is 1. The van der Waals surface area contributed by atoms with Crippen molar-refractivity contribution in [2.75, 3.05) is 29.3 Å². The van der Waals surface area contributed by atoms with E-state index in [4.69, 9.17) is 0 Å². The summed E-state index contributed by atoms with van der Waals surface area (Å²) in [6.07, 6.45) is 8.55. The number of nitrogens with one attached hydrogen (secondary N) is 2. The van der Waals surface area contributed by atoms with Crippen LogP contribution in [0.15, 0.2) is 82.0 Å². The van der Waals surface area contributed by atoms with E-state index >= 15 is 0 Å². The van der Waals surface area contributed by atoms with Crippen molar-refractivity contribution >= 4 is 27.3 Å². The van der Waals surface area contributed by atoms with Crippen LogP contribution in [0, 0.1) is 11.7 Å². The van der Waals surface area contributed by atoms with Gasteiger partial charge in [0.1, 0.15) is 5.82 Å². The zero-order chi connectivity index (χ0) is 29.3. The van der Waals surface area contributed by atoms with Crippen molar-refractivity contribution in [2.24, 2.45) is 5.92 Å². The summed E-state index contributed by atoms with van der Waals surface area (Å²) >= 11 is 0. The number of pyridine rings is 1. The molecule has 1 aliphatic carbocycles. The molecule has 2 aliphatic heterocycles. The van der Waals surface area contributed by atoms with Gasteiger partial charge in [-0.05, 0) is 93.0 Å². The summed E-state index contributed by atoms with van der Waals surface area (Å²) in [5, 5.41) is 2.98. The molecule has 2 atom stereocenters. The zero-order valence-corrected chi connectivity index (χ0v) is 24.2. The molecule has 8 nitrogen and oxygen atoms in total. The van der Waals surface area contributed by atoms with E-state index in [1.54, 1.807) is 30.3 Å². The molecule has 3 heterocycles. The predicted octanol–water partition coefficient (Wildman–Crippen LogP) is 5.03. The molecule has 0 radical (unpaired) electrons. The van der Waals surface area contributed by atoms with E-state index in [9.17, 15) is 22.4 Å². The van der Waals surface area contributed by atoms with E-state index in [0.717, 1.165) is 43.5 Å². The standard InChI is InChI=1S/C32H35FN4O4S/c33-26-10-12-27(13-11-26)42(40,41)35-28-18-24(32(39)34-16-15-22-5-2-1-3-6-22)9-14-30(28)36-19-23-17-25(21-36)29-7-4-8-31(38)37(29)20-23/h4-5,7-14,18,23,25,35H,1-3,6,15-17,19-21H2,(H,34,39)/t23-,25+/m1/s1. The van der Waals surface area contributed by atoms with E-state index in [-0.39, 0.29) is 33.9 Å². The monoisotopic (exact) mass is 590 g/mol. The molecule has 220 valence electrons.